The second kappa shape index (κ2) is 6.03. The Labute approximate surface area is 104 Å². The Balaban J connectivity index is 3.78. The number of esters is 2. The minimum Gasteiger partial charge on any atom is -0.428 e. The summed E-state index contributed by atoms with van der Waals surface area (Å²) in [4.78, 5) is 22.6. The van der Waals surface area contributed by atoms with Gasteiger partial charge in [-0.1, -0.05) is 41.5 Å². The zero-order valence-corrected chi connectivity index (χ0v) is 11.8. The molecule has 0 saturated carbocycles. The van der Waals surface area contributed by atoms with E-state index < -0.39 is 0 Å². The first-order valence-corrected chi connectivity index (χ1v) is 5.81. The Bertz CT molecular complexity index is 240. The van der Waals surface area contributed by atoms with Crippen LogP contribution >= 0.6 is 0 Å². The van der Waals surface area contributed by atoms with Crippen molar-refractivity contribution in [1.82, 2.24) is 0 Å². The molecule has 0 fully saturated rings. The molecule has 0 amide bonds. The molecule has 0 aromatic rings. The van der Waals surface area contributed by atoms with Gasteiger partial charge in [-0.25, -0.2) is 0 Å². The van der Waals surface area contributed by atoms with Crippen LogP contribution in [-0.2, 0) is 19.1 Å². The number of hydrogen-bond acceptors (Lipinski definition) is 4. The fourth-order valence-electron chi connectivity index (χ4n) is 1.13. The number of hydrogen-bond donors (Lipinski definition) is 0. The Hall–Kier alpha value is -1.06. The fourth-order valence-corrected chi connectivity index (χ4v) is 1.13. The topological polar surface area (TPSA) is 52.6 Å². The van der Waals surface area contributed by atoms with Crippen molar-refractivity contribution in [2.24, 2.45) is 10.8 Å². The maximum absolute atomic E-state index is 11.3. The smallest absolute Gasteiger partial charge is 0.309 e. The second-order valence-electron chi connectivity index (χ2n) is 6.63. The third-order valence-corrected chi connectivity index (χ3v) is 1.79. The maximum Gasteiger partial charge on any atom is 0.309 e. The summed E-state index contributed by atoms with van der Waals surface area (Å²) in [7, 11) is 0. The van der Waals surface area contributed by atoms with Gasteiger partial charge in [-0.15, -0.1) is 0 Å². The summed E-state index contributed by atoms with van der Waals surface area (Å²) in [6.45, 7) is 11.4. The molecule has 0 rings (SSSR count). The predicted molar refractivity (Wildman–Crippen MR) is 65.2 cm³/mol. The van der Waals surface area contributed by atoms with Gasteiger partial charge in [0, 0.05) is 0 Å². The predicted octanol–water partition coefficient (Wildman–Crippen LogP) is 2.90. The molecule has 0 unspecified atom stereocenters. The first-order valence-electron chi connectivity index (χ1n) is 5.81. The standard InChI is InChI=1S/C13H24O4/c1-12(2,3)7-10(14)16-9-17-11(15)8-13(4,5)6/h7-9H2,1-6H3. The van der Waals surface area contributed by atoms with Crippen LogP contribution in [0, 0.1) is 10.8 Å². The molecule has 17 heavy (non-hydrogen) atoms. The fraction of sp³-hybridized carbons (Fsp3) is 0.846. The molecule has 0 aliphatic carbocycles. The van der Waals surface area contributed by atoms with Crippen molar-refractivity contribution in [2.45, 2.75) is 54.4 Å². The molecule has 0 aromatic heterocycles. The first-order chi connectivity index (χ1) is 7.49. The van der Waals surface area contributed by atoms with Crippen molar-refractivity contribution in [2.75, 3.05) is 6.79 Å². The van der Waals surface area contributed by atoms with E-state index in [1.54, 1.807) is 0 Å². The van der Waals surface area contributed by atoms with Gasteiger partial charge in [-0.2, -0.15) is 0 Å². The largest absolute Gasteiger partial charge is 0.428 e. The minimum atomic E-state index is -0.346. The molecule has 0 aliphatic rings. The zero-order valence-electron chi connectivity index (χ0n) is 11.8. The molecule has 100 valence electrons. The molecule has 0 aromatic carbocycles. The summed E-state index contributed by atoms with van der Waals surface area (Å²) in [5, 5.41) is 0. The second-order valence-corrected chi connectivity index (χ2v) is 6.63. The SMILES string of the molecule is CC(C)(C)CC(=O)OCOC(=O)CC(C)(C)C. The van der Waals surface area contributed by atoms with Crippen LogP contribution in [0.2, 0.25) is 0 Å². The number of carbonyl (C=O) groups is 2. The lowest BCUT2D eigenvalue weighted by Crippen LogP contribution is -2.20. The van der Waals surface area contributed by atoms with Gasteiger partial charge in [0.2, 0.25) is 6.79 Å². The molecule has 0 N–H and O–H groups in total. The van der Waals surface area contributed by atoms with Gasteiger partial charge in [0.25, 0.3) is 0 Å². The van der Waals surface area contributed by atoms with Gasteiger partial charge in [0.15, 0.2) is 0 Å². The Morgan fingerprint density at radius 2 is 1.06 bits per heavy atom. The molecule has 0 bridgehead atoms. The Morgan fingerprint density at radius 3 is 1.29 bits per heavy atom. The first kappa shape index (κ1) is 15.9. The van der Waals surface area contributed by atoms with E-state index in [0.717, 1.165) is 0 Å². The van der Waals surface area contributed by atoms with Crippen LogP contribution in [0.4, 0.5) is 0 Å². The van der Waals surface area contributed by atoms with E-state index in [1.807, 2.05) is 41.5 Å². The van der Waals surface area contributed by atoms with Gasteiger partial charge < -0.3 is 9.47 Å². The summed E-state index contributed by atoms with van der Waals surface area (Å²) in [5.74, 6) is -0.692. The Kier molecular flexibility index (Phi) is 5.66. The average Bonchev–Trinajstić information content (AvgIpc) is 1.95. The molecular formula is C13H24O4. The van der Waals surface area contributed by atoms with Crippen molar-refractivity contribution < 1.29 is 19.1 Å². The quantitative estimate of drug-likeness (QED) is 0.563. The molecule has 4 nitrogen and oxygen atoms in total. The summed E-state index contributed by atoms with van der Waals surface area (Å²) in [6.07, 6.45) is 0.619. The molecule has 0 saturated heterocycles. The molecule has 0 aliphatic heterocycles. The van der Waals surface area contributed by atoms with Gasteiger partial charge in [0.05, 0.1) is 12.8 Å². The molecular weight excluding hydrogens is 220 g/mol. The Morgan fingerprint density at radius 1 is 0.765 bits per heavy atom. The number of carbonyl (C=O) groups excluding carboxylic acids is 2. The van der Waals surface area contributed by atoms with Crippen LogP contribution in [0.15, 0.2) is 0 Å². The maximum atomic E-state index is 11.3. The highest BCUT2D eigenvalue weighted by Gasteiger charge is 2.19. The summed E-state index contributed by atoms with van der Waals surface area (Å²) in [6, 6.07) is 0. The monoisotopic (exact) mass is 244 g/mol. The molecule has 0 heterocycles. The van der Waals surface area contributed by atoms with Crippen LogP contribution in [0.1, 0.15) is 54.4 Å². The van der Waals surface area contributed by atoms with E-state index >= 15 is 0 Å². The van der Waals surface area contributed by atoms with E-state index in [0.29, 0.717) is 12.8 Å². The lowest BCUT2D eigenvalue weighted by molar-refractivity contribution is -0.169. The molecule has 0 spiro atoms. The molecule has 0 radical (unpaired) electrons. The van der Waals surface area contributed by atoms with E-state index in [-0.39, 0.29) is 29.6 Å². The summed E-state index contributed by atoms with van der Waals surface area (Å²) < 4.78 is 9.64. The van der Waals surface area contributed by atoms with Gasteiger partial charge >= 0.3 is 11.9 Å². The van der Waals surface area contributed by atoms with E-state index in [4.69, 9.17) is 9.47 Å². The minimum absolute atomic E-state index is 0.119. The van der Waals surface area contributed by atoms with Crippen LogP contribution in [0.3, 0.4) is 0 Å². The van der Waals surface area contributed by atoms with Gasteiger partial charge in [-0.3, -0.25) is 9.59 Å². The van der Waals surface area contributed by atoms with Crippen molar-refractivity contribution >= 4 is 11.9 Å². The normalized spacial score (nSPS) is 12.1. The highest BCUT2D eigenvalue weighted by atomic mass is 16.7. The number of ether oxygens (including phenoxy) is 2. The van der Waals surface area contributed by atoms with Gasteiger partial charge in [0.1, 0.15) is 0 Å². The van der Waals surface area contributed by atoms with Crippen molar-refractivity contribution in [3.8, 4) is 0 Å². The van der Waals surface area contributed by atoms with Crippen LogP contribution in [0.5, 0.6) is 0 Å². The van der Waals surface area contributed by atoms with E-state index in [9.17, 15) is 9.59 Å². The van der Waals surface area contributed by atoms with Crippen molar-refractivity contribution in [3.63, 3.8) is 0 Å². The third-order valence-electron chi connectivity index (χ3n) is 1.79. The van der Waals surface area contributed by atoms with Crippen LogP contribution < -0.4 is 0 Å². The zero-order chi connectivity index (χ0) is 13.7. The highest BCUT2D eigenvalue weighted by Crippen LogP contribution is 2.20. The third kappa shape index (κ3) is 11.2. The van der Waals surface area contributed by atoms with Gasteiger partial charge in [-0.05, 0) is 10.8 Å². The number of rotatable bonds is 4. The average molecular weight is 244 g/mol. The van der Waals surface area contributed by atoms with E-state index in [2.05, 4.69) is 0 Å². The van der Waals surface area contributed by atoms with Crippen LogP contribution in [-0.4, -0.2) is 18.7 Å². The molecule has 4 heteroatoms. The van der Waals surface area contributed by atoms with E-state index in [1.165, 1.54) is 0 Å². The van der Waals surface area contributed by atoms with Crippen LogP contribution in [0.25, 0.3) is 0 Å². The lowest BCUT2D eigenvalue weighted by Gasteiger charge is -2.18. The van der Waals surface area contributed by atoms with Crippen molar-refractivity contribution in [1.29, 1.82) is 0 Å². The van der Waals surface area contributed by atoms with Crippen molar-refractivity contribution in [3.05, 3.63) is 0 Å². The summed E-state index contributed by atoms with van der Waals surface area (Å²) in [5.41, 5.74) is -0.237. The summed E-state index contributed by atoms with van der Waals surface area (Å²) >= 11 is 0. The molecule has 0 atom stereocenters. The highest BCUT2D eigenvalue weighted by molar-refractivity contribution is 5.71. The lowest BCUT2D eigenvalue weighted by atomic mass is 9.92.